The standard InChI is InChI=1S/C11H13BrFNO3/c1-11(2,13)6-17-9-8(10(15)16-3)4-7(12)5-14-9/h4-5H,6H2,1-3H3. The number of alkyl halides is 1. The van der Waals surface area contributed by atoms with Gasteiger partial charge in [0.2, 0.25) is 5.88 Å². The second kappa shape index (κ2) is 5.44. The lowest BCUT2D eigenvalue weighted by Gasteiger charge is -2.15. The Morgan fingerprint density at radius 1 is 1.59 bits per heavy atom. The predicted octanol–water partition coefficient (Wildman–Crippen LogP) is 2.76. The first-order chi connectivity index (χ1) is 7.83. The zero-order chi connectivity index (χ0) is 13.1. The van der Waals surface area contributed by atoms with Gasteiger partial charge in [-0.1, -0.05) is 0 Å². The van der Waals surface area contributed by atoms with Crippen molar-refractivity contribution in [3.8, 4) is 5.88 Å². The third-order valence-electron chi connectivity index (χ3n) is 1.78. The molecule has 0 fully saturated rings. The predicted molar refractivity (Wildman–Crippen MR) is 64.0 cm³/mol. The summed E-state index contributed by atoms with van der Waals surface area (Å²) in [5.41, 5.74) is -1.34. The third kappa shape index (κ3) is 4.30. The van der Waals surface area contributed by atoms with Crippen molar-refractivity contribution in [1.29, 1.82) is 0 Å². The minimum Gasteiger partial charge on any atom is -0.474 e. The summed E-state index contributed by atoms with van der Waals surface area (Å²) in [6.07, 6.45) is 1.47. The number of methoxy groups -OCH3 is 1. The minimum absolute atomic E-state index is 0.0609. The Morgan fingerprint density at radius 3 is 2.76 bits per heavy atom. The largest absolute Gasteiger partial charge is 0.474 e. The van der Waals surface area contributed by atoms with Gasteiger partial charge in [-0.25, -0.2) is 14.2 Å². The van der Waals surface area contributed by atoms with Crippen LogP contribution in [0.4, 0.5) is 4.39 Å². The van der Waals surface area contributed by atoms with E-state index in [2.05, 4.69) is 25.7 Å². The summed E-state index contributed by atoms with van der Waals surface area (Å²) in [5, 5.41) is 0. The number of rotatable bonds is 4. The summed E-state index contributed by atoms with van der Waals surface area (Å²) in [4.78, 5) is 15.4. The molecule has 0 saturated carbocycles. The van der Waals surface area contributed by atoms with E-state index in [9.17, 15) is 9.18 Å². The molecule has 0 aliphatic carbocycles. The van der Waals surface area contributed by atoms with E-state index in [1.807, 2.05) is 0 Å². The fourth-order valence-electron chi connectivity index (χ4n) is 1.04. The number of halogens is 2. The Hall–Kier alpha value is -1.17. The molecule has 0 amide bonds. The average molecular weight is 306 g/mol. The van der Waals surface area contributed by atoms with Gasteiger partial charge >= 0.3 is 5.97 Å². The molecule has 1 heterocycles. The van der Waals surface area contributed by atoms with Crippen LogP contribution in [-0.2, 0) is 4.74 Å². The van der Waals surface area contributed by atoms with Gasteiger partial charge in [0, 0.05) is 10.7 Å². The van der Waals surface area contributed by atoms with Crippen molar-refractivity contribution in [1.82, 2.24) is 4.98 Å². The SMILES string of the molecule is COC(=O)c1cc(Br)cnc1OCC(C)(C)F. The molecule has 6 heteroatoms. The Kier molecular flexibility index (Phi) is 4.45. The van der Waals surface area contributed by atoms with E-state index in [0.29, 0.717) is 4.47 Å². The van der Waals surface area contributed by atoms with E-state index in [1.165, 1.54) is 33.2 Å². The van der Waals surface area contributed by atoms with Crippen LogP contribution in [0.3, 0.4) is 0 Å². The van der Waals surface area contributed by atoms with Gasteiger partial charge in [-0.05, 0) is 35.8 Å². The van der Waals surface area contributed by atoms with Crippen molar-refractivity contribution < 1.29 is 18.7 Å². The van der Waals surface area contributed by atoms with E-state index in [4.69, 9.17) is 4.74 Å². The number of aromatic nitrogens is 1. The van der Waals surface area contributed by atoms with Crippen molar-refractivity contribution in [2.75, 3.05) is 13.7 Å². The first kappa shape index (κ1) is 13.9. The van der Waals surface area contributed by atoms with Gasteiger partial charge in [-0.3, -0.25) is 0 Å². The average Bonchev–Trinajstić information content (AvgIpc) is 2.25. The highest BCUT2D eigenvalue weighted by Gasteiger charge is 2.20. The molecular formula is C11H13BrFNO3. The minimum atomic E-state index is -1.50. The van der Waals surface area contributed by atoms with Gasteiger partial charge in [0.15, 0.2) is 0 Å². The number of ether oxygens (including phenoxy) is 2. The molecule has 1 aromatic rings. The molecule has 1 rings (SSSR count). The van der Waals surface area contributed by atoms with Crippen LogP contribution in [0.5, 0.6) is 5.88 Å². The summed E-state index contributed by atoms with van der Waals surface area (Å²) >= 11 is 3.18. The maximum Gasteiger partial charge on any atom is 0.343 e. The number of hydrogen-bond donors (Lipinski definition) is 0. The number of carbonyl (C=O) groups excluding carboxylic acids is 1. The first-order valence-electron chi connectivity index (χ1n) is 4.89. The number of nitrogens with zero attached hydrogens (tertiary/aromatic N) is 1. The lowest BCUT2D eigenvalue weighted by molar-refractivity contribution is 0.0586. The van der Waals surface area contributed by atoms with Gasteiger partial charge in [-0.15, -0.1) is 0 Å². The molecule has 0 saturated heterocycles. The van der Waals surface area contributed by atoms with Crippen LogP contribution in [0.15, 0.2) is 16.7 Å². The van der Waals surface area contributed by atoms with Crippen LogP contribution in [-0.4, -0.2) is 30.3 Å². The highest BCUT2D eigenvalue weighted by molar-refractivity contribution is 9.10. The lowest BCUT2D eigenvalue weighted by atomic mass is 10.2. The monoisotopic (exact) mass is 305 g/mol. The Labute approximate surface area is 107 Å². The summed E-state index contributed by atoms with van der Waals surface area (Å²) < 4.78 is 23.7. The molecule has 0 aliphatic rings. The Balaban J connectivity index is 2.94. The van der Waals surface area contributed by atoms with Crippen LogP contribution in [0, 0.1) is 0 Å². The van der Waals surface area contributed by atoms with Crippen LogP contribution in [0.25, 0.3) is 0 Å². The van der Waals surface area contributed by atoms with E-state index in [1.54, 1.807) is 0 Å². The first-order valence-corrected chi connectivity index (χ1v) is 5.68. The maximum absolute atomic E-state index is 13.3. The molecule has 1 aromatic heterocycles. The van der Waals surface area contributed by atoms with Crippen molar-refractivity contribution in [2.24, 2.45) is 0 Å². The Morgan fingerprint density at radius 2 is 2.24 bits per heavy atom. The fraction of sp³-hybridized carbons (Fsp3) is 0.455. The van der Waals surface area contributed by atoms with Crippen LogP contribution < -0.4 is 4.74 Å². The van der Waals surface area contributed by atoms with E-state index < -0.39 is 11.6 Å². The normalized spacial score (nSPS) is 11.1. The molecule has 0 aliphatic heterocycles. The van der Waals surface area contributed by atoms with Crippen LogP contribution in [0.2, 0.25) is 0 Å². The van der Waals surface area contributed by atoms with Crippen molar-refractivity contribution in [2.45, 2.75) is 19.5 Å². The highest BCUT2D eigenvalue weighted by atomic mass is 79.9. The van der Waals surface area contributed by atoms with Crippen LogP contribution >= 0.6 is 15.9 Å². The van der Waals surface area contributed by atoms with Crippen molar-refractivity contribution in [3.63, 3.8) is 0 Å². The molecule has 0 spiro atoms. The quantitative estimate of drug-likeness (QED) is 0.803. The molecule has 0 N–H and O–H groups in total. The zero-order valence-corrected chi connectivity index (χ0v) is 11.4. The lowest BCUT2D eigenvalue weighted by Crippen LogP contribution is -2.23. The molecule has 4 nitrogen and oxygen atoms in total. The van der Waals surface area contributed by atoms with E-state index >= 15 is 0 Å². The number of pyridine rings is 1. The second-order valence-electron chi connectivity index (χ2n) is 4.01. The molecule has 0 aromatic carbocycles. The zero-order valence-electron chi connectivity index (χ0n) is 9.79. The van der Waals surface area contributed by atoms with Gasteiger partial charge < -0.3 is 9.47 Å². The third-order valence-corrected chi connectivity index (χ3v) is 2.21. The van der Waals surface area contributed by atoms with Crippen molar-refractivity contribution >= 4 is 21.9 Å². The van der Waals surface area contributed by atoms with Gasteiger partial charge in [0.25, 0.3) is 0 Å². The van der Waals surface area contributed by atoms with E-state index in [0.717, 1.165) is 0 Å². The molecule has 0 radical (unpaired) electrons. The summed E-state index contributed by atoms with van der Waals surface area (Å²) in [6, 6.07) is 1.51. The molecule has 94 valence electrons. The number of hydrogen-bond acceptors (Lipinski definition) is 4. The van der Waals surface area contributed by atoms with Crippen LogP contribution in [0.1, 0.15) is 24.2 Å². The summed E-state index contributed by atoms with van der Waals surface area (Å²) in [7, 11) is 1.26. The van der Waals surface area contributed by atoms with Gasteiger partial charge in [0.05, 0.1) is 7.11 Å². The van der Waals surface area contributed by atoms with Gasteiger partial charge in [-0.2, -0.15) is 0 Å². The highest BCUT2D eigenvalue weighted by Crippen LogP contribution is 2.22. The number of esters is 1. The molecule has 0 bridgehead atoms. The van der Waals surface area contributed by atoms with Gasteiger partial charge in [0.1, 0.15) is 17.8 Å². The molecule has 0 atom stereocenters. The topological polar surface area (TPSA) is 48.4 Å². The maximum atomic E-state index is 13.3. The second-order valence-corrected chi connectivity index (χ2v) is 4.92. The summed E-state index contributed by atoms with van der Waals surface area (Å²) in [5.74, 6) is -0.517. The fourth-order valence-corrected chi connectivity index (χ4v) is 1.37. The van der Waals surface area contributed by atoms with Crippen molar-refractivity contribution in [3.05, 3.63) is 22.3 Å². The van der Waals surface area contributed by atoms with E-state index in [-0.39, 0.29) is 18.1 Å². The molecule has 17 heavy (non-hydrogen) atoms. The Bertz CT molecular complexity index is 418. The smallest absolute Gasteiger partial charge is 0.343 e. The molecular weight excluding hydrogens is 293 g/mol. The molecule has 0 unspecified atom stereocenters. The number of carbonyl (C=O) groups is 1. The summed E-state index contributed by atoms with van der Waals surface area (Å²) in [6.45, 7) is 2.57.